The van der Waals surface area contributed by atoms with Gasteiger partial charge in [-0.05, 0) is 37.8 Å². The van der Waals surface area contributed by atoms with E-state index in [1.165, 1.54) is 0 Å². The van der Waals surface area contributed by atoms with Crippen molar-refractivity contribution in [3.63, 3.8) is 0 Å². The highest BCUT2D eigenvalue weighted by Gasteiger charge is 2.45. The topological polar surface area (TPSA) is 56.1 Å². The summed E-state index contributed by atoms with van der Waals surface area (Å²) in [7, 11) is 1.76. The molecule has 24 heavy (non-hydrogen) atoms. The molecular weight excluding hydrogens is 306 g/mol. The minimum Gasteiger partial charge on any atom is -0.378 e. The Balaban J connectivity index is 1.50. The molecule has 2 saturated heterocycles. The highest BCUT2D eigenvalue weighted by Crippen LogP contribution is 2.37. The van der Waals surface area contributed by atoms with E-state index in [1.54, 1.807) is 17.8 Å². The van der Waals surface area contributed by atoms with E-state index < -0.39 is 0 Å². The molecule has 2 fully saturated rings. The van der Waals surface area contributed by atoms with Crippen LogP contribution in [0.15, 0.2) is 30.6 Å². The number of fused-ring (bicyclic) bond motifs is 1. The zero-order valence-corrected chi connectivity index (χ0v) is 14.0. The number of hydrogen-bond donors (Lipinski definition) is 0. The molecule has 1 amide bonds. The predicted octanol–water partition coefficient (Wildman–Crippen LogP) is 2.13. The second kappa shape index (κ2) is 6.18. The van der Waals surface area contributed by atoms with Gasteiger partial charge in [0.1, 0.15) is 0 Å². The third kappa shape index (κ3) is 2.50. The first-order chi connectivity index (χ1) is 11.7. The van der Waals surface area contributed by atoms with Gasteiger partial charge in [-0.1, -0.05) is 6.07 Å². The Labute approximate surface area is 141 Å². The van der Waals surface area contributed by atoms with Crippen LogP contribution in [0.4, 0.5) is 0 Å². The van der Waals surface area contributed by atoms with Gasteiger partial charge in [-0.25, -0.2) is 4.52 Å². The van der Waals surface area contributed by atoms with Gasteiger partial charge in [-0.15, -0.1) is 0 Å². The lowest BCUT2D eigenvalue weighted by molar-refractivity contribution is -0.183. The number of pyridine rings is 1. The van der Waals surface area contributed by atoms with Crippen LogP contribution in [-0.2, 0) is 9.47 Å². The standard InChI is InChI=1S/C18H23N3O3/c1-23-16-6-4-12-24-18(16)7-10-20(11-8-18)17(22)14-13-19-21-9-3-2-5-15(14)21/h2-3,5,9,13,16H,4,6-8,10-12H2,1H3. The summed E-state index contributed by atoms with van der Waals surface area (Å²) in [5.41, 5.74) is 1.30. The van der Waals surface area contributed by atoms with Crippen molar-refractivity contribution in [2.24, 2.45) is 0 Å². The molecule has 2 aromatic heterocycles. The molecule has 0 N–H and O–H groups in total. The molecule has 0 bridgehead atoms. The molecule has 6 nitrogen and oxygen atoms in total. The third-order valence-electron chi connectivity index (χ3n) is 5.43. The van der Waals surface area contributed by atoms with E-state index >= 15 is 0 Å². The predicted molar refractivity (Wildman–Crippen MR) is 89.0 cm³/mol. The maximum Gasteiger partial charge on any atom is 0.257 e. The fourth-order valence-corrected chi connectivity index (χ4v) is 4.06. The molecule has 2 aliphatic heterocycles. The van der Waals surface area contributed by atoms with Crippen molar-refractivity contribution >= 4 is 11.4 Å². The van der Waals surface area contributed by atoms with Crippen LogP contribution in [0.2, 0.25) is 0 Å². The Morgan fingerprint density at radius 2 is 2.21 bits per heavy atom. The van der Waals surface area contributed by atoms with Gasteiger partial charge in [-0.2, -0.15) is 5.10 Å². The lowest BCUT2D eigenvalue weighted by Gasteiger charge is -2.47. The van der Waals surface area contributed by atoms with Gasteiger partial charge in [-0.3, -0.25) is 4.79 Å². The Kier molecular flexibility index (Phi) is 4.02. The normalized spacial score (nSPS) is 23.7. The van der Waals surface area contributed by atoms with Gasteiger partial charge in [0, 0.05) is 33.0 Å². The van der Waals surface area contributed by atoms with Crippen LogP contribution in [0.25, 0.3) is 5.52 Å². The molecule has 4 rings (SSSR count). The average Bonchev–Trinajstić information content (AvgIpc) is 3.06. The number of carbonyl (C=O) groups is 1. The van der Waals surface area contributed by atoms with E-state index in [9.17, 15) is 4.79 Å². The largest absolute Gasteiger partial charge is 0.378 e. The molecule has 4 heterocycles. The molecule has 2 aliphatic rings. The lowest BCUT2D eigenvalue weighted by atomic mass is 9.81. The van der Waals surface area contributed by atoms with E-state index in [-0.39, 0.29) is 17.6 Å². The van der Waals surface area contributed by atoms with E-state index in [0.717, 1.165) is 37.8 Å². The summed E-state index contributed by atoms with van der Waals surface area (Å²) in [6, 6.07) is 5.76. The number of hydrogen-bond acceptors (Lipinski definition) is 4. The van der Waals surface area contributed by atoms with E-state index in [0.29, 0.717) is 18.7 Å². The number of amides is 1. The third-order valence-corrected chi connectivity index (χ3v) is 5.43. The Bertz CT molecular complexity index is 734. The fraction of sp³-hybridized carbons (Fsp3) is 0.556. The monoisotopic (exact) mass is 329 g/mol. The summed E-state index contributed by atoms with van der Waals surface area (Å²) in [5, 5.41) is 4.27. The molecule has 6 heteroatoms. The minimum atomic E-state index is -0.217. The number of rotatable bonds is 2. The molecule has 0 aromatic carbocycles. The van der Waals surface area contributed by atoms with Crippen molar-refractivity contribution < 1.29 is 14.3 Å². The molecule has 0 radical (unpaired) electrons. The summed E-state index contributed by atoms with van der Waals surface area (Å²) >= 11 is 0. The van der Waals surface area contributed by atoms with Crippen LogP contribution in [-0.4, -0.2) is 58.9 Å². The summed E-state index contributed by atoms with van der Waals surface area (Å²) in [6.07, 6.45) is 7.41. The van der Waals surface area contributed by atoms with Crippen LogP contribution in [0.3, 0.4) is 0 Å². The Morgan fingerprint density at radius 3 is 3.00 bits per heavy atom. The zero-order chi connectivity index (χ0) is 16.6. The van der Waals surface area contributed by atoms with Gasteiger partial charge < -0.3 is 14.4 Å². The van der Waals surface area contributed by atoms with Crippen LogP contribution >= 0.6 is 0 Å². The summed E-state index contributed by atoms with van der Waals surface area (Å²) in [4.78, 5) is 14.8. The van der Waals surface area contributed by atoms with E-state index in [1.807, 2.05) is 29.3 Å². The van der Waals surface area contributed by atoms with Gasteiger partial charge in [0.15, 0.2) is 0 Å². The van der Waals surface area contributed by atoms with Crippen molar-refractivity contribution in [3.8, 4) is 0 Å². The minimum absolute atomic E-state index is 0.0517. The number of ether oxygens (including phenoxy) is 2. The quantitative estimate of drug-likeness (QED) is 0.847. The zero-order valence-electron chi connectivity index (χ0n) is 14.0. The van der Waals surface area contributed by atoms with Gasteiger partial charge in [0.25, 0.3) is 5.91 Å². The molecule has 0 aliphatic carbocycles. The summed E-state index contributed by atoms with van der Waals surface area (Å²) < 4.78 is 13.5. The van der Waals surface area contributed by atoms with Crippen LogP contribution in [0.1, 0.15) is 36.0 Å². The smallest absolute Gasteiger partial charge is 0.257 e. The van der Waals surface area contributed by atoms with Gasteiger partial charge in [0.2, 0.25) is 0 Å². The number of piperidine rings is 1. The first-order valence-corrected chi connectivity index (χ1v) is 8.62. The van der Waals surface area contributed by atoms with Crippen molar-refractivity contribution in [3.05, 3.63) is 36.2 Å². The number of likely N-dealkylation sites (tertiary alicyclic amines) is 1. The molecule has 1 atom stereocenters. The molecule has 2 aromatic rings. The SMILES string of the molecule is COC1CCCOC12CCN(C(=O)c1cnn3ccccc13)CC2. The van der Waals surface area contributed by atoms with Crippen molar-refractivity contribution in [1.29, 1.82) is 0 Å². The highest BCUT2D eigenvalue weighted by molar-refractivity contribution is 6.00. The van der Waals surface area contributed by atoms with Gasteiger partial charge >= 0.3 is 0 Å². The number of aromatic nitrogens is 2. The molecule has 1 spiro atoms. The number of nitrogens with zero attached hydrogens (tertiary/aromatic N) is 3. The maximum absolute atomic E-state index is 12.9. The second-order valence-corrected chi connectivity index (χ2v) is 6.66. The Hall–Kier alpha value is -1.92. The van der Waals surface area contributed by atoms with E-state index in [2.05, 4.69) is 5.10 Å². The second-order valence-electron chi connectivity index (χ2n) is 6.66. The van der Waals surface area contributed by atoms with Crippen LogP contribution in [0, 0.1) is 0 Å². The fourth-order valence-electron chi connectivity index (χ4n) is 4.06. The number of carbonyl (C=O) groups excluding carboxylic acids is 1. The molecular formula is C18H23N3O3. The highest BCUT2D eigenvalue weighted by atomic mass is 16.5. The Morgan fingerprint density at radius 1 is 1.38 bits per heavy atom. The van der Waals surface area contributed by atoms with E-state index in [4.69, 9.17) is 9.47 Å². The molecule has 128 valence electrons. The van der Waals surface area contributed by atoms with Crippen molar-refractivity contribution in [1.82, 2.24) is 14.5 Å². The number of methoxy groups -OCH3 is 1. The van der Waals surface area contributed by atoms with Crippen LogP contribution in [0.5, 0.6) is 0 Å². The summed E-state index contributed by atoms with van der Waals surface area (Å²) in [5.74, 6) is 0.0517. The summed E-state index contributed by atoms with van der Waals surface area (Å²) in [6.45, 7) is 2.19. The average molecular weight is 329 g/mol. The van der Waals surface area contributed by atoms with Crippen molar-refractivity contribution in [2.45, 2.75) is 37.4 Å². The first kappa shape index (κ1) is 15.6. The van der Waals surface area contributed by atoms with Gasteiger partial charge in [0.05, 0.1) is 29.0 Å². The maximum atomic E-state index is 12.9. The lowest BCUT2D eigenvalue weighted by Crippen LogP contribution is -2.56. The molecule has 1 unspecified atom stereocenters. The first-order valence-electron chi connectivity index (χ1n) is 8.62. The van der Waals surface area contributed by atoms with Crippen LogP contribution < -0.4 is 0 Å². The molecule has 0 saturated carbocycles. The van der Waals surface area contributed by atoms with Crippen molar-refractivity contribution in [2.75, 3.05) is 26.8 Å².